The number of carbonyl (C=O) groups excluding carboxylic acids is 1. The van der Waals surface area contributed by atoms with Gasteiger partial charge in [-0.05, 0) is 31.0 Å². The summed E-state index contributed by atoms with van der Waals surface area (Å²) in [4.78, 5) is 12.2. The second kappa shape index (κ2) is 5.53. The molecule has 1 aliphatic carbocycles. The standard InChI is InChI=1S/C14H15BrN2O/c15-10-14(6-1-2-7-14)17-13(18)12-5-3-4-11(8-12)9-16/h3-5,8H,1-2,6-7,10H2,(H,17,18). The minimum absolute atomic E-state index is 0.0894. The van der Waals surface area contributed by atoms with Crippen molar-refractivity contribution in [3.05, 3.63) is 35.4 Å². The number of rotatable bonds is 3. The van der Waals surface area contributed by atoms with E-state index in [1.807, 2.05) is 0 Å². The third-order valence-corrected chi connectivity index (χ3v) is 4.52. The fourth-order valence-corrected chi connectivity index (χ4v) is 3.09. The third-order valence-electron chi connectivity index (χ3n) is 3.45. The SMILES string of the molecule is N#Cc1cccc(C(=O)NC2(CBr)CCCC2)c1. The first-order valence-electron chi connectivity index (χ1n) is 6.08. The zero-order valence-electron chi connectivity index (χ0n) is 10.1. The van der Waals surface area contributed by atoms with Gasteiger partial charge in [-0.3, -0.25) is 4.79 Å². The number of hydrogen-bond acceptors (Lipinski definition) is 2. The fourth-order valence-electron chi connectivity index (χ4n) is 2.39. The van der Waals surface area contributed by atoms with Gasteiger partial charge in [0.15, 0.2) is 0 Å². The van der Waals surface area contributed by atoms with Crippen LogP contribution in [0.2, 0.25) is 0 Å². The van der Waals surface area contributed by atoms with Gasteiger partial charge >= 0.3 is 0 Å². The summed E-state index contributed by atoms with van der Waals surface area (Å²) in [5.74, 6) is -0.0894. The van der Waals surface area contributed by atoms with Crippen molar-refractivity contribution in [2.45, 2.75) is 31.2 Å². The predicted octanol–water partition coefficient (Wildman–Crippen LogP) is 3.00. The molecule has 1 saturated carbocycles. The lowest BCUT2D eigenvalue weighted by Crippen LogP contribution is -2.47. The van der Waals surface area contributed by atoms with E-state index in [9.17, 15) is 4.79 Å². The fraction of sp³-hybridized carbons (Fsp3) is 0.429. The molecule has 4 heteroatoms. The number of nitrogens with zero attached hydrogens (tertiary/aromatic N) is 1. The van der Waals surface area contributed by atoms with E-state index in [0.717, 1.165) is 31.0 Å². The molecule has 3 nitrogen and oxygen atoms in total. The lowest BCUT2D eigenvalue weighted by molar-refractivity contribution is 0.0910. The normalized spacial score (nSPS) is 17.1. The van der Waals surface area contributed by atoms with Crippen molar-refractivity contribution in [3.8, 4) is 6.07 Å². The van der Waals surface area contributed by atoms with Crippen molar-refractivity contribution in [1.82, 2.24) is 5.32 Å². The topological polar surface area (TPSA) is 52.9 Å². The zero-order chi connectivity index (χ0) is 13.0. The van der Waals surface area contributed by atoms with Gasteiger partial charge in [0, 0.05) is 10.9 Å². The van der Waals surface area contributed by atoms with Crippen LogP contribution in [-0.4, -0.2) is 16.8 Å². The maximum absolute atomic E-state index is 12.2. The Morgan fingerprint density at radius 1 is 1.44 bits per heavy atom. The van der Waals surface area contributed by atoms with Crippen molar-refractivity contribution in [2.75, 3.05) is 5.33 Å². The minimum atomic E-state index is -0.111. The molecule has 1 amide bonds. The van der Waals surface area contributed by atoms with E-state index in [1.54, 1.807) is 24.3 Å². The second-order valence-corrected chi connectivity index (χ2v) is 5.33. The molecule has 18 heavy (non-hydrogen) atoms. The number of nitriles is 1. The maximum atomic E-state index is 12.2. The molecule has 0 unspecified atom stereocenters. The van der Waals surface area contributed by atoms with E-state index in [1.165, 1.54) is 0 Å². The van der Waals surface area contributed by atoms with Gasteiger partial charge in [-0.2, -0.15) is 5.26 Å². The van der Waals surface area contributed by atoms with Crippen molar-refractivity contribution < 1.29 is 4.79 Å². The Bertz CT molecular complexity index is 487. The van der Waals surface area contributed by atoms with Crippen LogP contribution in [0.25, 0.3) is 0 Å². The number of hydrogen-bond donors (Lipinski definition) is 1. The minimum Gasteiger partial charge on any atom is -0.346 e. The summed E-state index contributed by atoms with van der Waals surface area (Å²) in [6.45, 7) is 0. The Kier molecular flexibility index (Phi) is 4.03. The Labute approximate surface area is 115 Å². The van der Waals surface area contributed by atoms with E-state index in [2.05, 4.69) is 27.3 Å². The first-order chi connectivity index (χ1) is 8.69. The number of carbonyl (C=O) groups is 1. The van der Waals surface area contributed by atoms with Gasteiger partial charge in [0.05, 0.1) is 17.2 Å². The molecule has 0 radical (unpaired) electrons. The number of benzene rings is 1. The molecular formula is C14H15BrN2O. The summed E-state index contributed by atoms with van der Waals surface area (Å²) in [5.41, 5.74) is 0.961. The highest BCUT2D eigenvalue weighted by molar-refractivity contribution is 9.09. The van der Waals surface area contributed by atoms with Crippen LogP contribution in [0.4, 0.5) is 0 Å². The van der Waals surface area contributed by atoms with E-state index < -0.39 is 0 Å². The molecule has 1 fully saturated rings. The largest absolute Gasteiger partial charge is 0.346 e. The first kappa shape index (κ1) is 13.1. The van der Waals surface area contributed by atoms with Gasteiger partial charge in [0.1, 0.15) is 0 Å². The summed E-state index contributed by atoms with van der Waals surface area (Å²) < 4.78 is 0. The van der Waals surface area contributed by atoms with Crippen molar-refractivity contribution in [1.29, 1.82) is 5.26 Å². The summed E-state index contributed by atoms with van der Waals surface area (Å²) in [7, 11) is 0. The van der Waals surface area contributed by atoms with Crippen LogP contribution in [0.5, 0.6) is 0 Å². The smallest absolute Gasteiger partial charge is 0.251 e. The molecule has 1 aromatic carbocycles. The van der Waals surface area contributed by atoms with Crippen molar-refractivity contribution in [3.63, 3.8) is 0 Å². The Balaban J connectivity index is 2.14. The maximum Gasteiger partial charge on any atom is 0.251 e. The van der Waals surface area contributed by atoms with E-state index in [-0.39, 0.29) is 11.4 Å². The Morgan fingerprint density at radius 2 is 2.17 bits per heavy atom. The number of halogens is 1. The molecule has 0 aliphatic heterocycles. The summed E-state index contributed by atoms with van der Waals surface area (Å²) in [6.07, 6.45) is 4.35. The summed E-state index contributed by atoms with van der Waals surface area (Å²) >= 11 is 3.50. The average Bonchev–Trinajstić information content (AvgIpc) is 2.88. The Morgan fingerprint density at radius 3 is 2.78 bits per heavy atom. The molecule has 0 saturated heterocycles. The number of alkyl halides is 1. The molecule has 1 aromatic rings. The Hall–Kier alpha value is -1.34. The molecule has 0 aromatic heterocycles. The van der Waals surface area contributed by atoms with E-state index >= 15 is 0 Å². The molecule has 94 valence electrons. The molecule has 1 N–H and O–H groups in total. The van der Waals surface area contributed by atoms with Crippen LogP contribution in [-0.2, 0) is 0 Å². The van der Waals surface area contributed by atoms with Gasteiger partial charge in [0.25, 0.3) is 5.91 Å². The van der Waals surface area contributed by atoms with Gasteiger partial charge in [-0.15, -0.1) is 0 Å². The van der Waals surface area contributed by atoms with Crippen LogP contribution in [0.1, 0.15) is 41.6 Å². The van der Waals surface area contributed by atoms with E-state index in [4.69, 9.17) is 5.26 Å². The van der Waals surface area contributed by atoms with Gasteiger partial charge < -0.3 is 5.32 Å². The molecule has 2 rings (SSSR count). The molecule has 0 heterocycles. The third kappa shape index (κ3) is 2.73. The van der Waals surface area contributed by atoms with Crippen LogP contribution >= 0.6 is 15.9 Å². The number of amides is 1. The monoisotopic (exact) mass is 306 g/mol. The van der Waals surface area contributed by atoms with Crippen molar-refractivity contribution in [2.24, 2.45) is 0 Å². The average molecular weight is 307 g/mol. The molecule has 0 bridgehead atoms. The highest BCUT2D eigenvalue weighted by atomic mass is 79.9. The van der Waals surface area contributed by atoms with Crippen LogP contribution < -0.4 is 5.32 Å². The van der Waals surface area contributed by atoms with E-state index in [0.29, 0.717) is 11.1 Å². The lowest BCUT2D eigenvalue weighted by Gasteiger charge is -2.28. The molecule has 0 atom stereocenters. The predicted molar refractivity (Wildman–Crippen MR) is 73.6 cm³/mol. The molecule has 0 spiro atoms. The van der Waals surface area contributed by atoms with Gasteiger partial charge in [-0.25, -0.2) is 0 Å². The van der Waals surface area contributed by atoms with Crippen LogP contribution in [0.15, 0.2) is 24.3 Å². The second-order valence-electron chi connectivity index (χ2n) is 4.77. The highest BCUT2D eigenvalue weighted by Crippen LogP contribution is 2.31. The lowest BCUT2D eigenvalue weighted by atomic mass is 9.99. The summed E-state index contributed by atoms with van der Waals surface area (Å²) in [6, 6.07) is 8.86. The van der Waals surface area contributed by atoms with Gasteiger partial charge in [0.2, 0.25) is 0 Å². The zero-order valence-corrected chi connectivity index (χ0v) is 11.7. The van der Waals surface area contributed by atoms with Crippen LogP contribution in [0.3, 0.4) is 0 Å². The number of nitrogens with one attached hydrogen (secondary N) is 1. The van der Waals surface area contributed by atoms with Crippen molar-refractivity contribution >= 4 is 21.8 Å². The summed E-state index contributed by atoms with van der Waals surface area (Å²) in [5, 5.41) is 12.7. The molecular weight excluding hydrogens is 292 g/mol. The first-order valence-corrected chi connectivity index (χ1v) is 7.20. The quantitative estimate of drug-likeness (QED) is 0.873. The van der Waals surface area contributed by atoms with Crippen LogP contribution in [0, 0.1) is 11.3 Å². The molecule has 1 aliphatic rings. The van der Waals surface area contributed by atoms with Gasteiger partial charge in [-0.1, -0.05) is 34.8 Å². The highest BCUT2D eigenvalue weighted by Gasteiger charge is 2.34.